The van der Waals surface area contributed by atoms with Gasteiger partial charge in [0, 0.05) is 38.6 Å². The normalized spacial score (nSPS) is 20.5. The van der Waals surface area contributed by atoms with Gasteiger partial charge in [-0.15, -0.1) is 0 Å². The fraction of sp³-hybridized carbons (Fsp3) is 0.483. The highest BCUT2D eigenvalue weighted by atomic mass is 16.2. The van der Waals surface area contributed by atoms with Gasteiger partial charge in [-0.1, -0.05) is 74.5 Å². The van der Waals surface area contributed by atoms with Gasteiger partial charge >= 0.3 is 0 Å². The monoisotopic (exact) mass is 490 g/mol. The van der Waals surface area contributed by atoms with E-state index in [1.54, 1.807) is 4.90 Å². The van der Waals surface area contributed by atoms with Gasteiger partial charge in [-0.2, -0.15) is 0 Å². The van der Waals surface area contributed by atoms with Crippen molar-refractivity contribution in [3.63, 3.8) is 0 Å². The third-order valence-corrected chi connectivity index (χ3v) is 6.97. The molecule has 1 aliphatic carbocycles. The van der Waals surface area contributed by atoms with Crippen LogP contribution in [0.15, 0.2) is 60.7 Å². The Morgan fingerprint density at radius 2 is 1.67 bits per heavy atom. The summed E-state index contributed by atoms with van der Waals surface area (Å²) >= 11 is 0. The average molecular weight is 491 g/mol. The fourth-order valence-electron chi connectivity index (χ4n) is 5.14. The van der Waals surface area contributed by atoms with E-state index in [9.17, 15) is 14.4 Å². The smallest absolute Gasteiger partial charge is 0.244 e. The number of hydrogen-bond acceptors (Lipinski definition) is 4. The van der Waals surface area contributed by atoms with Crippen molar-refractivity contribution in [2.45, 2.75) is 51.7 Å². The van der Waals surface area contributed by atoms with E-state index in [1.807, 2.05) is 79.4 Å². The molecule has 192 valence electrons. The molecule has 2 N–H and O–H groups in total. The number of hydrogen-bond donors (Lipinski definition) is 1. The molecule has 4 rings (SSSR count). The molecule has 0 spiro atoms. The minimum atomic E-state index is -0.509. The van der Waals surface area contributed by atoms with E-state index in [4.69, 9.17) is 5.73 Å². The van der Waals surface area contributed by atoms with Crippen LogP contribution in [0.4, 0.5) is 0 Å². The van der Waals surface area contributed by atoms with Crippen molar-refractivity contribution in [3.8, 4) is 0 Å². The Bertz CT molecular complexity index is 1040. The topological polar surface area (TPSA) is 87.0 Å². The Morgan fingerprint density at radius 1 is 1.03 bits per heavy atom. The molecule has 2 aromatic rings. The van der Waals surface area contributed by atoms with Crippen LogP contribution in [-0.2, 0) is 20.9 Å². The van der Waals surface area contributed by atoms with Crippen LogP contribution >= 0.6 is 0 Å². The van der Waals surface area contributed by atoms with Gasteiger partial charge in [0.15, 0.2) is 0 Å². The summed E-state index contributed by atoms with van der Waals surface area (Å²) in [5.41, 5.74) is 7.49. The fourth-order valence-corrected chi connectivity index (χ4v) is 5.14. The van der Waals surface area contributed by atoms with Gasteiger partial charge < -0.3 is 15.5 Å². The first-order valence-electron chi connectivity index (χ1n) is 13.0. The highest BCUT2D eigenvalue weighted by Gasteiger charge is 2.44. The maximum atomic E-state index is 13.9. The van der Waals surface area contributed by atoms with Crippen molar-refractivity contribution in [1.82, 2.24) is 14.7 Å². The summed E-state index contributed by atoms with van der Waals surface area (Å²) in [4.78, 5) is 44.9. The van der Waals surface area contributed by atoms with Gasteiger partial charge in [0.1, 0.15) is 6.04 Å². The Kier molecular flexibility index (Phi) is 8.41. The molecule has 1 saturated carbocycles. The second-order valence-corrected chi connectivity index (χ2v) is 10.7. The lowest BCUT2D eigenvalue weighted by molar-refractivity contribution is -0.150. The van der Waals surface area contributed by atoms with Crippen molar-refractivity contribution in [3.05, 3.63) is 71.8 Å². The molecule has 2 fully saturated rings. The molecule has 36 heavy (non-hydrogen) atoms. The molecule has 1 saturated heterocycles. The van der Waals surface area contributed by atoms with E-state index in [2.05, 4.69) is 4.90 Å². The minimum Gasteiger partial charge on any atom is -0.368 e. The number of carbonyl (C=O) groups excluding carboxylic acids is 3. The molecular formula is C29H38N4O3. The Labute approximate surface area is 214 Å². The van der Waals surface area contributed by atoms with E-state index in [0.717, 1.165) is 30.5 Å². The third-order valence-electron chi connectivity index (χ3n) is 6.97. The second kappa shape index (κ2) is 11.7. The highest BCUT2D eigenvalue weighted by Crippen LogP contribution is 2.38. The number of carbonyl (C=O) groups is 3. The second-order valence-electron chi connectivity index (χ2n) is 10.7. The molecule has 7 heteroatoms. The molecule has 2 atom stereocenters. The van der Waals surface area contributed by atoms with Crippen molar-refractivity contribution in [2.75, 3.05) is 26.2 Å². The van der Waals surface area contributed by atoms with Crippen molar-refractivity contribution >= 4 is 17.7 Å². The summed E-state index contributed by atoms with van der Waals surface area (Å²) in [5, 5.41) is 0. The van der Waals surface area contributed by atoms with E-state index >= 15 is 0 Å². The van der Waals surface area contributed by atoms with Crippen LogP contribution in [0.25, 0.3) is 0 Å². The Balaban J connectivity index is 1.64. The van der Waals surface area contributed by atoms with E-state index in [0.29, 0.717) is 25.6 Å². The summed E-state index contributed by atoms with van der Waals surface area (Å²) in [7, 11) is 0. The van der Waals surface area contributed by atoms with Crippen molar-refractivity contribution in [2.24, 2.45) is 17.6 Å². The van der Waals surface area contributed by atoms with Gasteiger partial charge in [-0.25, -0.2) is 0 Å². The Hall–Kier alpha value is -3.19. The van der Waals surface area contributed by atoms with Crippen LogP contribution in [-0.4, -0.2) is 64.6 Å². The van der Waals surface area contributed by atoms with E-state index in [-0.39, 0.29) is 36.7 Å². The SMILES string of the molecule is CC(C)CN(CC(N)=O)C(=O)CC1CN(Cc2ccccc2)C(=O)C(c2ccccc2)N1CC1CC1. The largest absolute Gasteiger partial charge is 0.368 e. The summed E-state index contributed by atoms with van der Waals surface area (Å²) in [6, 6.07) is 19.3. The van der Waals surface area contributed by atoms with Crippen LogP contribution < -0.4 is 5.73 Å². The van der Waals surface area contributed by atoms with Crippen LogP contribution in [0.3, 0.4) is 0 Å². The molecule has 1 aliphatic heterocycles. The van der Waals surface area contributed by atoms with Crippen LogP contribution in [0.5, 0.6) is 0 Å². The average Bonchev–Trinajstić information content (AvgIpc) is 3.66. The number of amides is 3. The maximum absolute atomic E-state index is 13.9. The standard InChI is InChI=1S/C29H38N4O3/c1-21(2)16-31(20-26(30)34)27(35)15-25-19-32(17-22-9-5-3-6-10-22)29(36)28(24-11-7-4-8-12-24)33(25)18-23-13-14-23/h3-12,21,23,25,28H,13-20H2,1-2H3,(H2,30,34). The summed E-state index contributed by atoms with van der Waals surface area (Å²) in [6.07, 6.45) is 2.55. The number of nitrogens with two attached hydrogens (primary N) is 1. The van der Waals surface area contributed by atoms with Crippen molar-refractivity contribution in [1.29, 1.82) is 0 Å². The molecule has 0 aromatic heterocycles. The molecule has 2 aromatic carbocycles. The predicted octanol–water partition coefficient (Wildman–Crippen LogP) is 3.21. The third kappa shape index (κ3) is 6.72. The molecule has 7 nitrogen and oxygen atoms in total. The zero-order chi connectivity index (χ0) is 25.7. The molecule has 0 bridgehead atoms. The summed E-state index contributed by atoms with van der Waals surface area (Å²) in [5.74, 6) is 0.250. The van der Waals surface area contributed by atoms with E-state index < -0.39 is 11.9 Å². The van der Waals surface area contributed by atoms with Gasteiger partial charge in [-0.3, -0.25) is 19.3 Å². The van der Waals surface area contributed by atoms with Crippen LogP contribution in [0, 0.1) is 11.8 Å². The highest BCUT2D eigenvalue weighted by molar-refractivity contribution is 5.86. The van der Waals surface area contributed by atoms with Crippen LogP contribution in [0.2, 0.25) is 0 Å². The molecule has 3 amide bonds. The minimum absolute atomic E-state index is 0.0746. The first-order valence-corrected chi connectivity index (χ1v) is 13.0. The first-order chi connectivity index (χ1) is 17.3. The summed E-state index contributed by atoms with van der Waals surface area (Å²) < 4.78 is 0. The number of nitrogens with zero attached hydrogens (tertiary/aromatic N) is 3. The van der Waals surface area contributed by atoms with Gasteiger partial charge in [0.25, 0.3) is 0 Å². The lowest BCUT2D eigenvalue weighted by Gasteiger charge is -2.46. The number of piperazine rings is 1. The molecule has 1 heterocycles. The molecule has 2 unspecified atom stereocenters. The van der Waals surface area contributed by atoms with Gasteiger partial charge in [0.05, 0.1) is 6.54 Å². The Morgan fingerprint density at radius 3 is 2.25 bits per heavy atom. The number of benzene rings is 2. The first kappa shape index (κ1) is 25.9. The molecule has 2 aliphatic rings. The molecular weight excluding hydrogens is 452 g/mol. The van der Waals surface area contributed by atoms with Gasteiger partial charge in [-0.05, 0) is 35.8 Å². The zero-order valence-corrected chi connectivity index (χ0v) is 21.4. The summed E-state index contributed by atoms with van der Waals surface area (Å²) in [6.45, 7) is 6.21. The van der Waals surface area contributed by atoms with Crippen molar-refractivity contribution < 1.29 is 14.4 Å². The lowest BCUT2D eigenvalue weighted by Crippen LogP contribution is -2.59. The van der Waals surface area contributed by atoms with E-state index in [1.165, 1.54) is 0 Å². The zero-order valence-electron chi connectivity index (χ0n) is 21.4. The quantitative estimate of drug-likeness (QED) is 0.524. The lowest BCUT2D eigenvalue weighted by atomic mass is 9.94. The number of primary amides is 1. The predicted molar refractivity (Wildman–Crippen MR) is 139 cm³/mol. The van der Waals surface area contributed by atoms with Crippen LogP contribution in [0.1, 0.15) is 50.3 Å². The molecule has 0 radical (unpaired) electrons. The maximum Gasteiger partial charge on any atom is 0.244 e. The van der Waals surface area contributed by atoms with Gasteiger partial charge in [0.2, 0.25) is 17.7 Å². The number of rotatable bonds is 11.